The Balaban J connectivity index is 1.26. The number of benzene rings is 6. The molecule has 1 heterocycles. The maximum absolute atomic E-state index is 6.47. The zero-order chi connectivity index (χ0) is 28.8. The lowest BCUT2D eigenvalue weighted by molar-refractivity contribution is 0.481. The van der Waals surface area contributed by atoms with Gasteiger partial charge < -0.3 is 21.1 Å². The molecule has 0 unspecified atom stereocenters. The number of nitrogens with one attached hydrogen (secondary N) is 2. The van der Waals surface area contributed by atoms with E-state index in [9.17, 15) is 0 Å². The fourth-order valence-electron chi connectivity index (χ4n) is 6.84. The molecule has 0 aromatic heterocycles. The average molecular weight is 558 g/mol. The molecule has 4 nitrogen and oxygen atoms in total. The summed E-state index contributed by atoms with van der Waals surface area (Å²) >= 11 is 0. The molecular weight excluding hydrogens is 526 g/mol. The van der Waals surface area contributed by atoms with Gasteiger partial charge in [0, 0.05) is 16.8 Å². The summed E-state index contributed by atoms with van der Waals surface area (Å²) in [6, 6.07) is 49.0. The summed E-state index contributed by atoms with van der Waals surface area (Å²) in [5.74, 6) is 1.63. The molecule has 0 amide bonds. The molecule has 8 rings (SSSR count). The third kappa shape index (κ3) is 4.39. The lowest BCUT2D eigenvalue weighted by atomic mass is 9.69. The molecule has 0 saturated carbocycles. The van der Waals surface area contributed by atoms with Gasteiger partial charge in [-0.3, -0.25) is 0 Å². The number of ether oxygens (including phenoxy) is 1. The van der Waals surface area contributed by atoms with Gasteiger partial charge in [0.05, 0.1) is 11.4 Å². The zero-order valence-electron chi connectivity index (χ0n) is 23.7. The summed E-state index contributed by atoms with van der Waals surface area (Å²) in [5, 5.41) is 7.31. The van der Waals surface area contributed by atoms with E-state index in [4.69, 9.17) is 10.5 Å². The van der Waals surface area contributed by atoms with Gasteiger partial charge in [0.25, 0.3) is 0 Å². The zero-order valence-corrected chi connectivity index (χ0v) is 23.7. The van der Waals surface area contributed by atoms with Gasteiger partial charge in [-0.1, -0.05) is 91.0 Å². The quantitative estimate of drug-likeness (QED) is 0.178. The van der Waals surface area contributed by atoms with Gasteiger partial charge >= 0.3 is 0 Å². The molecule has 1 aliphatic carbocycles. The molecule has 0 spiro atoms. The van der Waals surface area contributed by atoms with Crippen molar-refractivity contribution in [1.82, 2.24) is 0 Å². The number of nitrogens with two attached hydrogens (primary N) is 1. The first-order chi connectivity index (χ1) is 21.2. The van der Waals surface area contributed by atoms with Crippen molar-refractivity contribution in [3.63, 3.8) is 0 Å². The van der Waals surface area contributed by atoms with Crippen molar-refractivity contribution in [2.45, 2.75) is 18.3 Å². The second-order valence-corrected chi connectivity index (χ2v) is 11.5. The minimum absolute atomic E-state index is 0.295. The van der Waals surface area contributed by atoms with Crippen LogP contribution >= 0.6 is 0 Å². The van der Waals surface area contributed by atoms with Crippen LogP contribution in [0.15, 0.2) is 140 Å². The predicted molar refractivity (Wildman–Crippen MR) is 177 cm³/mol. The van der Waals surface area contributed by atoms with E-state index in [2.05, 4.69) is 108 Å². The van der Waals surface area contributed by atoms with Crippen LogP contribution in [-0.2, 0) is 18.3 Å². The third-order valence-corrected chi connectivity index (χ3v) is 8.75. The van der Waals surface area contributed by atoms with Crippen molar-refractivity contribution in [2.24, 2.45) is 0 Å². The van der Waals surface area contributed by atoms with Crippen molar-refractivity contribution in [1.29, 1.82) is 0 Å². The second-order valence-electron chi connectivity index (χ2n) is 11.5. The molecule has 0 saturated heterocycles. The summed E-state index contributed by atoms with van der Waals surface area (Å²) in [7, 11) is 0. The average Bonchev–Trinajstić information content (AvgIpc) is 3.29. The Kier molecular flexibility index (Phi) is 5.93. The number of hydrogen-bond donors (Lipinski definition) is 3. The normalized spacial score (nSPS) is 13.5. The first-order valence-electron chi connectivity index (χ1n) is 14.7. The van der Waals surface area contributed by atoms with E-state index in [1.54, 1.807) is 0 Å². The Labute approximate surface area is 251 Å². The summed E-state index contributed by atoms with van der Waals surface area (Å²) < 4.78 is 6.23. The number of fused-ring (bicyclic) bond motifs is 5. The SMILES string of the molecule is Nc1ccc2c(c1)C(Cc1ccccc1)(Cc1ccccc1)c1cc(Nc3cccc4c3Nc3ccccc3O4)ccc1-2. The molecule has 0 bridgehead atoms. The first kappa shape index (κ1) is 25.2. The van der Waals surface area contributed by atoms with Crippen LogP contribution in [0, 0.1) is 0 Å². The summed E-state index contributed by atoms with van der Waals surface area (Å²) in [5.41, 5.74) is 18.6. The van der Waals surface area contributed by atoms with Crippen molar-refractivity contribution < 1.29 is 4.74 Å². The number of nitrogen functional groups attached to an aromatic ring is 1. The van der Waals surface area contributed by atoms with Crippen LogP contribution in [-0.4, -0.2) is 0 Å². The molecule has 208 valence electrons. The monoisotopic (exact) mass is 557 g/mol. The highest BCUT2D eigenvalue weighted by Gasteiger charge is 2.43. The molecule has 6 aromatic carbocycles. The predicted octanol–water partition coefficient (Wildman–Crippen LogP) is 9.61. The van der Waals surface area contributed by atoms with E-state index in [0.29, 0.717) is 0 Å². The standard InChI is InChI=1S/C39H31N3O/c40-28-18-20-30-31-21-19-29(41-35-15-9-17-37-38(35)42-34-14-7-8-16-36(34)43-37)23-33(31)39(32(30)22-28,24-26-10-3-1-4-11-26)25-27-12-5-2-6-13-27/h1-23,41-42H,24-25,40H2. The van der Waals surface area contributed by atoms with Gasteiger partial charge in [0.15, 0.2) is 11.5 Å². The summed E-state index contributed by atoms with van der Waals surface area (Å²) in [6.07, 6.45) is 1.73. The topological polar surface area (TPSA) is 59.3 Å². The Hall–Kier alpha value is -5.48. The summed E-state index contributed by atoms with van der Waals surface area (Å²) in [4.78, 5) is 0. The molecule has 1 aliphatic heterocycles. The van der Waals surface area contributed by atoms with Crippen LogP contribution in [0.1, 0.15) is 22.3 Å². The maximum Gasteiger partial charge on any atom is 0.153 e. The Morgan fingerprint density at radius 3 is 1.98 bits per heavy atom. The Morgan fingerprint density at radius 1 is 0.605 bits per heavy atom. The molecule has 0 fully saturated rings. The first-order valence-corrected chi connectivity index (χ1v) is 14.7. The highest BCUT2D eigenvalue weighted by atomic mass is 16.5. The molecular formula is C39H31N3O. The van der Waals surface area contributed by atoms with E-state index in [1.165, 1.54) is 33.4 Å². The fraction of sp³-hybridized carbons (Fsp3) is 0.0769. The van der Waals surface area contributed by atoms with E-state index < -0.39 is 0 Å². The summed E-state index contributed by atoms with van der Waals surface area (Å²) in [6.45, 7) is 0. The molecule has 0 atom stereocenters. The molecule has 43 heavy (non-hydrogen) atoms. The lowest BCUT2D eigenvalue weighted by Gasteiger charge is -2.33. The van der Waals surface area contributed by atoms with E-state index >= 15 is 0 Å². The van der Waals surface area contributed by atoms with Crippen LogP contribution < -0.4 is 21.1 Å². The van der Waals surface area contributed by atoms with E-state index in [-0.39, 0.29) is 5.41 Å². The van der Waals surface area contributed by atoms with E-state index in [1.807, 2.05) is 42.5 Å². The smallest absolute Gasteiger partial charge is 0.153 e. The number of hydrogen-bond acceptors (Lipinski definition) is 4. The van der Waals surface area contributed by atoms with Crippen molar-refractivity contribution in [2.75, 3.05) is 16.4 Å². The van der Waals surface area contributed by atoms with Crippen molar-refractivity contribution >= 4 is 28.4 Å². The second kappa shape index (κ2) is 10.1. The van der Waals surface area contributed by atoms with Crippen LogP contribution in [0.3, 0.4) is 0 Å². The largest absolute Gasteiger partial charge is 0.453 e. The van der Waals surface area contributed by atoms with Crippen LogP contribution in [0.5, 0.6) is 11.5 Å². The highest BCUT2D eigenvalue weighted by Crippen LogP contribution is 2.54. The Morgan fingerprint density at radius 2 is 1.23 bits per heavy atom. The number of para-hydroxylation sites is 3. The minimum atomic E-state index is -0.295. The Bertz CT molecular complexity index is 1930. The molecule has 4 N–H and O–H groups in total. The van der Waals surface area contributed by atoms with Gasteiger partial charge in [-0.05, 0) is 94.8 Å². The highest BCUT2D eigenvalue weighted by molar-refractivity contribution is 5.89. The van der Waals surface area contributed by atoms with Crippen molar-refractivity contribution in [3.05, 3.63) is 162 Å². The van der Waals surface area contributed by atoms with Gasteiger partial charge in [-0.15, -0.1) is 0 Å². The molecule has 2 aliphatic rings. The molecule has 4 heteroatoms. The van der Waals surface area contributed by atoms with E-state index in [0.717, 1.165) is 52.8 Å². The third-order valence-electron chi connectivity index (χ3n) is 8.75. The molecule has 0 radical (unpaired) electrons. The van der Waals surface area contributed by atoms with Crippen LogP contribution in [0.4, 0.5) is 28.4 Å². The van der Waals surface area contributed by atoms with Gasteiger partial charge in [0.2, 0.25) is 0 Å². The lowest BCUT2D eigenvalue weighted by Crippen LogP contribution is -2.31. The maximum atomic E-state index is 6.47. The fourth-order valence-corrected chi connectivity index (χ4v) is 6.84. The van der Waals surface area contributed by atoms with Crippen LogP contribution in [0.25, 0.3) is 11.1 Å². The number of anilines is 5. The van der Waals surface area contributed by atoms with Crippen LogP contribution in [0.2, 0.25) is 0 Å². The van der Waals surface area contributed by atoms with Gasteiger partial charge in [0.1, 0.15) is 5.69 Å². The molecule has 6 aromatic rings. The number of rotatable bonds is 6. The van der Waals surface area contributed by atoms with Gasteiger partial charge in [-0.25, -0.2) is 0 Å². The van der Waals surface area contributed by atoms with Crippen molar-refractivity contribution in [3.8, 4) is 22.6 Å². The minimum Gasteiger partial charge on any atom is -0.453 e. The van der Waals surface area contributed by atoms with Gasteiger partial charge in [-0.2, -0.15) is 0 Å².